The van der Waals surface area contributed by atoms with Gasteiger partial charge in [0, 0.05) is 5.69 Å². The third kappa shape index (κ3) is 4.63. The van der Waals surface area contributed by atoms with Crippen molar-refractivity contribution in [3.8, 4) is 0 Å². The molecule has 1 unspecified atom stereocenters. The van der Waals surface area contributed by atoms with Crippen molar-refractivity contribution < 1.29 is 18.3 Å². The van der Waals surface area contributed by atoms with Crippen LogP contribution in [0.15, 0.2) is 24.3 Å². The molecular weight excluding hydrogens is 324 g/mol. The van der Waals surface area contributed by atoms with Crippen molar-refractivity contribution in [3.63, 3.8) is 0 Å². The Bertz CT molecular complexity index is 532. The number of nitrogens with one attached hydrogen (secondary N) is 1. The molecule has 18 heavy (non-hydrogen) atoms. The van der Waals surface area contributed by atoms with Crippen LogP contribution in [0.4, 0.5) is 5.69 Å². The monoisotopic (exact) mass is 336 g/mol. The Morgan fingerprint density at radius 1 is 1.50 bits per heavy atom. The van der Waals surface area contributed by atoms with E-state index in [0.29, 0.717) is 11.3 Å². The predicted molar refractivity (Wildman–Crippen MR) is 72.1 cm³/mol. The Morgan fingerprint density at radius 3 is 2.72 bits per heavy atom. The average molecular weight is 337 g/mol. The summed E-state index contributed by atoms with van der Waals surface area (Å²) in [5.41, 5.74) is 6.44. The van der Waals surface area contributed by atoms with E-state index in [1.54, 1.807) is 24.3 Å². The van der Waals surface area contributed by atoms with Gasteiger partial charge in [-0.25, -0.2) is 8.42 Å². The quantitative estimate of drug-likeness (QED) is 0.663. The van der Waals surface area contributed by atoms with Crippen molar-refractivity contribution in [1.29, 1.82) is 0 Å². The lowest BCUT2D eigenvalue weighted by atomic mass is 10.1. The summed E-state index contributed by atoms with van der Waals surface area (Å²) in [5, 5.41) is 8.69. The number of halogens is 1. The molecule has 0 spiro atoms. The van der Waals surface area contributed by atoms with E-state index in [1.165, 1.54) is 0 Å². The molecule has 0 bridgehead atoms. The molecule has 1 atom stereocenters. The van der Waals surface area contributed by atoms with Gasteiger partial charge < -0.3 is 10.8 Å². The molecule has 1 aromatic rings. The Kier molecular flexibility index (Phi) is 5.12. The fourth-order valence-electron chi connectivity index (χ4n) is 1.31. The van der Waals surface area contributed by atoms with Crippen LogP contribution in [-0.2, 0) is 21.2 Å². The molecule has 0 radical (unpaired) electrons. The second-order valence-corrected chi connectivity index (χ2v) is 6.70. The molecule has 1 rings (SSSR count). The summed E-state index contributed by atoms with van der Waals surface area (Å²) in [7, 11) is -3.42. The number of anilines is 1. The highest BCUT2D eigenvalue weighted by atomic mass is 79.9. The normalized spacial score (nSPS) is 13.0. The molecule has 0 aromatic heterocycles. The smallest absolute Gasteiger partial charge is 0.320 e. The van der Waals surface area contributed by atoms with E-state index >= 15 is 0 Å². The van der Waals surface area contributed by atoms with Crippen molar-refractivity contribution in [1.82, 2.24) is 0 Å². The van der Waals surface area contributed by atoms with Crippen LogP contribution in [0, 0.1) is 0 Å². The Balaban J connectivity index is 2.83. The summed E-state index contributed by atoms with van der Waals surface area (Å²) in [5.74, 6) is -1.10. The van der Waals surface area contributed by atoms with E-state index in [-0.39, 0.29) is 11.1 Å². The molecule has 0 aliphatic carbocycles. The number of carbonyl (C=O) groups is 1. The highest BCUT2D eigenvalue weighted by molar-refractivity contribution is 9.10. The Labute approximate surface area is 113 Å². The number of nitrogens with two attached hydrogens (primary N) is 1. The molecule has 4 N–H and O–H groups in total. The first-order chi connectivity index (χ1) is 8.34. The van der Waals surface area contributed by atoms with Gasteiger partial charge in [-0.1, -0.05) is 28.1 Å². The Morgan fingerprint density at radius 2 is 2.17 bits per heavy atom. The lowest BCUT2D eigenvalue weighted by Gasteiger charge is -2.09. The van der Waals surface area contributed by atoms with E-state index in [9.17, 15) is 13.2 Å². The second-order valence-electron chi connectivity index (χ2n) is 3.68. The highest BCUT2D eigenvalue weighted by Gasteiger charge is 2.13. The number of alkyl halides is 1. The van der Waals surface area contributed by atoms with E-state index in [4.69, 9.17) is 10.8 Å². The number of hydrogen-bond acceptors (Lipinski definition) is 4. The number of sulfonamides is 1. The van der Waals surface area contributed by atoms with Crippen molar-refractivity contribution in [2.45, 2.75) is 12.5 Å². The van der Waals surface area contributed by atoms with Crippen LogP contribution in [0.5, 0.6) is 0 Å². The van der Waals surface area contributed by atoms with Crippen LogP contribution in [-0.4, -0.2) is 30.2 Å². The van der Waals surface area contributed by atoms with E-state index < -0.39 is 22.0 Å². The summed E-state index contributed by atoms with van der Waals surface area (Å²) < 4.78 is 24.8. The zero-order chi connectivity index (χ0) is 13.8. The maximum atomic E-state index is 11.3. The summed E-state index contributed by atoms with van der Waals surface area (Å²) >= 11 is 2.86. The van der Waals surface area contributed by atoms with Crippen molar-refractivity contribution in [3.05, 3.63) is 29.8 Å². The van der Waals surface area contributed by atoms with Gasteiger partial charge in [0.1, 0.15) is 10.7 Å². The van der Waals surface area contributed by atoms with Crippen LogP contribution >= 0.6 is 15.9 Å². The maximum Gasteiger partial charge on any atom is 0.320 e. The zero-order valence-electron chi connectivity index (χ0n) is 9.34. The van der Waals surface area contributed by atoms with Crippen LogP contribution in [0.1, 0.15) is 5.56 Å². The van der Waals surface area contributed by atoms with Crippen molar-refractivity contribution >= 4 is 37.6 Å². The number of carboxylic acid groups (broad SMARTS) is 1. The van der Waals surface area contributed by atoms with E-state index in [0.717, 1.165) is 0 Å². The Hall–Kier alpha value is -1.12. The number of aliphatic carboxylic acids is 1. The highest BCUT2D eigenvalue weighted by Crippen LogP contribution is 2.14. The summed E-state index contributed by atoms with van der Waals surface area (Å²) in [6.07, 6.45) is 0.138. The number of benzene rings is 1. The molecule has 0 aliphatic heterocycles. The fraction of sp³-hybridized carbons (Fsp3) is 0.300. The van der Waals surface area contributed by atoms with Crippen molar-refractivity contribution in [2.24, 2.45) is 5.73 Å². The SMILES string of the molecule is NC(Cc1cccc(NS(=O)(=O)CBr)c1)C(=O)O. The maximum absolute atomic E-state index is 11.3. The van der Waals surface area contributed by atoms with Crippen LogP contribution in [0.25, 0.3) is 0 Å². The van der Waals surface area contributed by atoms with Gasteiger partial charge in [0.05, 0.1) is 0 Å². The first-order valence-electron chi connectivity index (χ1n) is 4.98. The molecule has 0 aliphatic rings. The van der Waals surface area contributed by atoms with Gasteiger partial charge in [0.25, 0.3) is 0 Å². The fourth-order valence-corrected chi connectivity index (χ4v) is 2.19. The van der Waals surface area contributed by atoms with Gasteiger partial charge in [0.15, 0.2) is 0 Å². The molecule has 6 nitrogen and oxygen atoms in total. The third-order valence-electron chi connectivity index (χ3n) is 2.12. The largest absolute Gasteiger partial charge is 0.480 e. The average Bonchev–Trinajstić information content (AvgIpc) is 2.28. The molecule has 8 heteroatoms. The van der Waals surface area contributed by atoms with Gasteiger partial charge in [-0.2, -0.15) is 0 Å². The number of rotatable bonds is 6. The second kappa shape index (κ2) is 6.17. The van der Waals surface area contributed by atoms with Gasteiger partial charge >= 0.3 is 5.97 Å². The van der Waals surface area contributed by atoms with Gasteiger partial charge in [0.2, 0.25) is 10.0 Å². The van der Waals surface area contributed by atoms with Crippen LogP contribution < -0.4 is 10.5 Å². The van der Waals surface area contributed by atoms with Crippen molar-refractivity contribution in [2.75, 3.05) is 9.38 Å². The minimum Gasteiger partial charge on any atom is -0.480 e. The molecule has 0 fully saturated rings. The van der Waals surface area contributed by atoms with E-state index in [1.807, 2.05) is 0 Å². The van der Waals surface area contributed by atoms with Gasteiger partial charge in [-0.15, -0.1) is 0 Å². The standard InChI is InChI=1S/C10H13BrN2O4S/c11-6-18(16,17)13-8-3-1-2-7(4-8)5-9(12)10(14)15/h1-4,9,13H,5-6,12H2,(H,14,15). The van der Waals surface area contributed by atoms with Gasteiger partial charge in [-0.3, -0.25) is 9.52 Å². The molecule has 100 valence electrons. The minimum atomic E-state index is -3.42. The van der Waals surface area contributed by atoms with E-state index in [2.05, 4.69) is 20.7 Å². The molecular formula is C10H13BrN2O4S. The summed E-state index contributed by atoms with van der Waals surface area (Å²) in [6.45, 7) is 0. The molecule has 0 heterocycles. The first kappa shape index (κ1) is 14.9. The topological polar surface area (TPSA) is 109 Å². The zero-order valence-corrected chi connectivity index (χ0v) is 11.7. The molecule has 0 amide bonds. The predicted octanol–water partition coefficient (Wildman–Crippen LogP) is 0.735. The number of carboxylic acids is 1. The lowest BCUT2D eigenvalue weighted by molar-refractivity contribution is -0.138. The third-order valence-corrected chi connectivity index (χ3v) is 4.76. The molecule has 0 saturated carbocycles. The molecule has 1 aromatic carbocycles. The van der Waals surface area contributed by atoms with Crippen LogP contribution in [0.3, 0.4) is 0 Å². The van der Waals surface area contributed by atoms with Gasteiger partial charge in [-0.05, 0) is 24.1 Å². The first-order valence-corrected chi connectivity index (χ1v) is 7.75. The summed E-state index contributed by atoms with van der Waals surface area (Å²) in [6, 6.07) is 5.46. The summed E-state index contributed by atoms with van der Waals surface area (Å²) in [4.78, 5) is 10.6. The number of hydrogen-bond donors (Lipinski definition) is 3. The van der Waals surface area contributed by atoms with Crippen LogP contribution in [0.2, 0.25) is 0 Å². The lowest BCUT2D eigenvalue weighted by Crippen LogP contribution is -2.32. The molecule has 0 saturated heterocycles. The minimum absolute atomic E-state index is 0.138.